The summed E-state index contributed by atoms with van der Waals surface area (Å²) in [7, 11) is 0. The van der Waals surface area contributed by atoms with Crippen LogP contribution in [0.25, 0.3) is 10.9 Å². The molecule has 43 heavy (non-hydrogen) atoms. The molecule has 0 unspecified atom stereocenters. The van der Waals surface area contributed by atoms with Gasteiger partial charge in [-0.05, 0) is 60.9 Å². The summed E-state index contributed by atoms with van der Waals surface area (Å²) >= 11 is 12.5. The van der Waals surface area contributed by atoms with E-state index in [0.29, 0.717) is 46.1 Å². The van der Waals surface area contributed by atoms with Crippen LogP contribution in [0.4, 0.5) is 10.1 Å². The normalized spacial score (nSPS) is 23.5. The highest BCUT2D eigenvalue weighted by Crippen LogP contribution is 2.53. The molecule has 0 spiro atoms. The summed E-state index contributed by atoms with van der Waals surface area (Å²) < 4.78 is 24.1. The average molecular weight is 626 g/mol. The number of carboxylic acid groups (broad SMARTS) is 1. The number of fused-ring (bicyclic) bond motifs is 4. The van der Waals surface area contributed by atoms with Gasteiger partial charge in [-0.1, -0.05) is 55.2 Å². The average Bonchev–Trinajstić information content (AvgIpc) is 3.33. The first-order valence-corrected chi connectivity index (χ1v) is 14.9. The van der Waals surface area contributed by atoms with Crippen LogP contribution in [0.1, 0.15) is 42.6 Å². The maximum absolute atomic E-state index is 16.0. The zero-order chi connectivity index (χ0) is 30.6. The van der Waals surface area contributed by atoms with Crippen molar-refractivity contribution >= 4 is 51.7 Å². The zero-order valence-corrected chi connectivity index (χ0v) is 25.4. The lowest BCUT2D eigenvalue weighted by Crippen LogP contribution is -2.57. The second kappa shape index (κ2) is 11.1. The SMILES string of the molecule is CC(C)CN1[C@H]2COc3c4ccc(C(=O)O)cc4nn3C[C@H]2[C@H](c2cccc(Cl)c2F)[C@]1(C)C(=O)Nc1cccc(Cl)c1. The molecule has 2 aliphatic rings. The van der Waals surface area contributed by atoms with Gasteiger partial charge in [-0.2, -0.15) is 5.10 Å². The number of nitrogens with one attached hydrogen (secondary N) is 1. The maximum Gasteiger partial charge on any atom is 0.335 e. The van der Waals surface area contributed by atoms with E-state index in [-0.39, 0.29) is 41.0 Å². The monoisotopic (exact) mass is 624 g/mol. The lowest BCUT2D eigenvalue weighted by atomic mass is 9.74. The van der Waals surface area contributed by atoms with Crippen LogP contribution >= 0.6 is 23.2 Å². The fourth-order valence-corrected chi connectivity index (χ4v) is 7.20. The number of hydrogen-bond acceptors (Lipinski definition) is 5. The van der Waals surface area contributed by atoms with Crippen LogP contribution in [-0.2, 0) is 11.3 Å². The Hall–Kier alpha value is -3.66. The summed E-state index contributed by atoms with van der Waals surface area (Å²) in [4.78, 5) is 28.2. The molecule has 8 nitrogen and oxygen atoms in total. The fourth-order valence-electron chi connectivity index (χ4n) is 6.82. The summed E-state index contributed by atoms with van der Waals surface area (Å²) in [5.74, 6) is -2.20. The zero-order valence-electron chi connectivity index (χ0n) is 23.9. The largest absolute Gasteiger partial charge is 0.478 e. The number of nitrogens with zero attached hydrogens (tertiary/aromatic N) is 3. The number of halogens is 3. The van der Waals surface area contributed by atoms with Gasteiger partial charge in [-0.15, -0.1) is 0 Å². The molecule has 0 saturated carbocycles. The summed E-state index contributed by atoms with van der Waals surface area (Å²) in [5.41, 5.74) is 0.249. The summed E-state index contributed by atoms with van der Waals surface area (Å²) in [6.07, 6.45) is 0. The van der Waals surface area contributed by atoms with Crippen molar-refractivity contribution < 1.29 is 23.8 Å². The molecule has 3 aromatic carbocycles. The van der Waals surface area contributed by atoms with Gasteiger partial charge in [0, 0.05) is 35.6 Å². The Bertz CT molecular complexity index is 1740. The topological polar surface area (TPSA) is 96.7 Å². The minimum absolute atomic E-state index is 0.0226. The number of carbonyl (C=O) groups excluding carboxylic acids is 1. The van der Waals surface area contributed by atoms with Crippen molar-refractivity contribution in [3.05, 3.63) is 87.7 Å². The van der Waals surface area contributed by atoms with Gasteiger partial charge < -0.3 is 15.2 Å². The molecule has 2 aliphatic heterocycles. The number of amides is 1. The molecule has 6 rings (SSSR count). The molecule has 3 heterocycles. The predicted octanol–water partition coefficient (Wildman–Crippen LogP) is 6.71. The van der Waals surface area contributed by atoms with Gasteiger partial charge in [-0.25, -0.2) is 13.9 Å². The van der Waals surface area contributed by atoms with Crippen LogP contribution in [-0.4, -0.2) is 56.4 Å². The number of anilines is 1. The number of rotatable bonds is 6. The van der Waals surface area contributed by atoms with Crippen LogP contribution in [0.2, 0.25) is 10.0 Å². The molecule has 1 aromatic heterocycles. The molecule has 224 valence electrons. The van der Waals surface area contributed by atoms with Crippen molar-refractivity contribution in [3.8, 4) is 5.88 Å². The molecule has 11 heteroatoms. The first kappa shape index (κ1) is 29.4. The maximum atomic E-state index is 16.0. The van der Waals surface area contributed by atoms with Crippen molar-refractivity contribution in [2.24, 2.45) is 11.8 Å². The first-order chi connectivity index (χ1) is 20.5. The Balaban J connectivity index is 1.51. The lowest BCUT2D eigenvalue weighted by molar-refractivity contribution is -0.127. The number of aromatic carboxylic acids is 1. The van der Waals surface area contributed by atoms with E-state index in [9.17, 15) is 14.7 Å². The smallest absolute Gasteiger partial charge is 0.335 e. The molecule has 1 saturated heterocycles. The summed E-state index contributed by atoms with van der Waals surface area (Å²) in [6, 6.07) is 16.3. The molecule has 4 aromatic rings. The van der Waals surface area contributed by atoms with E-state index in [1.165, 1.54) is 18.2 Å². The van der Waals surface area contributed by atoms with Gasteiger partial charge in [0.25, 0.3) is 0 Å². The summed E-state index contributed by atoms with van der Waals surface area (Å²) in [5, 5.41) is 18.4. The molecule has 0 aliphatic carbocycles. The Labute approximate surface area is 258 Å². The van der Waals surface area contributed by atoms with Crippen LogP contribution in [0, 0.1) is 17.7 Å². The lowest BCUT2D eigenvalue weighted by Gasteiger charge is -2.41. The number of ether oxygens (including phenoxy) is 1. The van der Waals surface area contributed by atoms with E-state index in [0.717, 1.165) is 0 Å². The van der Waals surface area contributed by atoms with Crippen molar-refractivity contribution in [3.63, 3.8) is 0 Å². The Kier molecular flexibility index (Phi) is 7.61. The van der Waals surface area contributed by atoms with Gasteiger partial charge in [0.2, 0.25) is 11.8 Å². The quantitative estimate of drug-likeness (QED) is 0.247. The highest BCUT2D eigenvalue weighted by Gasteiger charge is 2.62. The van der Waals surface area contributed by atoms with Crippen molar-refractivity contribution in [2.45, 2.75) is 44.8 Å². The molecule has 4 atom stereocenters. The number of likely N-dealkylation sites (tertiary alicyclic amines) is 1. The predicted molar refractivity (Wildman–Crippen MR) is 164 cm³/mol. The van der Waals surface area contributed by atoms with Gasteiger partial charge >= 0.3 is 5.97 Å². The van der Waals surface area contributed by atoms with Gasteiger partial charge in [0.05, 0.1) is 27.5 Å². The molecule has 2 N–H and O–H groups in total. The van der Waals surface area contributed by atoms with Crippen LogP contribution < -0.4 is 10.1 Å². The Morgan fingerprint density at radius 1 is 1.16 bits per heavy atom. The summed E-state index contributed by atoms with van der Waals surface area (Å²) in [6.45, 7) is 7.09. The number of hydrogen-bond donors (Lipinski definition) is 2. The third-order valence-corrected chi connectivity index (χ3v) is 9.19. The van der Waals surface area contributed by atoms with Crippen LogP contribution in [0.15, 0.2) is 60.7 Å². The molecular weight excluding hydrogens is 594 g/mol. The third-order valence-electron chi connectivity index (χ3n) is 8.66. The molecule has 0 radical (unpaired) electrons. The molecule has 1 fully saturated rings. The minimum Gasteiger partial charge on any atom is -0.478 e. The van der Waals surface area contributed by atoms with Gasteiger partial charge in [0.1, 0.15) is 18.0 Å². The fraction of sp³-hybridized carbons (Fsp3) is 0.344. The third kappa shape index (κ3) is 5.03. The first-order valence-electron chi connectivity index (χ1n) is 14.1. The van der Waals surface area contributed by atoms with E-state index in [2.05, 4.69) is 24.1 Å². The molecule has 0 bridgehead atoms. The van der Waals surface area contributed by atoms with Crippen LogP contribution in [0.3, 0.4) is 0 Å². The van der Waals surface area contributed by atoms with Crippen molar-refractivity contribution in [1.82, 2.24) is 14.7 Å². The number of benzene rings is 3. The van der Waals surface area contributed by atoms with E-state index in [4.69, 9.17) is 33.0 Å². The second-order valence-corrected chi connectivity index (χ2v) is 12.7. The van der Waals surface area contributed by atoms with E-state index in [1.54, 1.807) is 47.1 Å². The van der Waals surface area contributed by atoms with E-state index in [1.807, 2.05) is 6.92 Å². The van der Waals surface area contributed by atoms with E-state index < -0.39 is 23.2 Å². The number of carbonyl (C=O) groups is 2. The Morgan fingerprint density at radius 2 is 1.93 bits per heavy atom. The highest BCUT2D eigenvalue weighted by atomic mass is 35.5. The van der Waals surface area contributed by atoms with E-state index >= 15 is 4.39 Å². The highest BCUT2D eigenvalue weighted by molar-refractivity contribution is 6.31. The Morgan fingerprint density at radius 3 is 2.65 bits per heavy atom. The molecular formula is C32H31Cl2FN4O4. The van der Waals surface area contributed by atoms with Gasteiger partial charge in [0.15, 0.2) is 0 Å². The minimum atomic E-state index is -1.22. The van der Waals surface area contributed by atoms with Gasteiger partial charge in [-0.3, -0.25) is 9.69 Å². The van der Waals surface area contributed by atoms with Crippen molar-refractivity contribution in [1.29, 1.82) is 0 Å². The second-order valence-electron chi connectivity index (χ2n) is 11.8. The van der Waals surface area contributed by atoms with Crippen LogP contribution in [0.5, 0.6) is 5.88 Å². The van der Waals surface area contributed by atoms with Crippen molar-refractivity contribution in [2.75, 3.05) is 18.5 Å². The standard InChI is InChI=1S/C32H31Cl2FN4O4/c1-17(2)14-38-26-16-43-29-21-11-10-18(30(40)41)12-25(21)37-39(29)15-23(26)27(22-8-5-9-24(34)28(22)35)32(38,3)31(42)36-20-7-4-6-19(33)13-20/h4-13,17,23,26-27H,14-16H2,1-3H3,(H,36,42)(H,40,41)/t23-,26+,27+,32-/m1/s1. The number of aromatic nitrogens is 2. The molecule has 1 amide bonds. The number of carboxylic acids is 1.